The van der Waals surface area contributed by atoms with Crippen LogP contribution < -0.4 is 11.5 Å². The van der Waals surface area contributed by atoms with E-state index >= 15 is 0 Å². The first kappa shape index (κ1) is 21.1. The first-order valence-corrected chi connectivity index (χ1v) is 11.5. The summed E-state index contributed by atoms with van der Waals surface area (Å²) in [7, 11) is 0. The van der Waals surface area contributed by atoms with E-state index in [1.807, 2.05) is 29.2 Å². The van der Waals surface area contributed by atoms with Crippen LogP contribution in [0.2, 0.25) is 0 Å². The Kier molecular flexibility index (Phi) is 5.59. The fraction of sp³-hybridized carbons (Fsp3) is 0.375. The largest absolute Gasteiger partial charge is 0.397 e. The maximum atomic E-state index is 13.5. The highest BCUT2D eigenvalue weighted by molar-refractivity contribution is 7.21. The number of likely N-dealkylation sites (tertiary alicyclic amines) is 1. The number of hydrogen-bond donors (Lipinski definition) is 2. The lowest BCUT2D eigenvalue weighted by atomic mass is 9.95. The Morgan fingerprint density at radius 3 is 2.45 bits per heavy atom. The summed E-state index contributed by atoms with van der Waals surface area (Å²) < 4.78 is 0. The smallest absolute Gasteiger partial charge is 0.266 e. The van der Waals surface area contributed by atoms with E-state index in [2.05, 4.69) is 31.8 Å². The molecule has 6 nitrogen and oxygen atoms in total. The highest BCUT2D eigenvalue weighted by Crippen LogP contribution is 2.43. The molecular formula is C24H27N5OS. The van der Waals surface area contributed by atoms with Crippen LogP contribution in [0.25, 0.3) is 21.3 Å². The fourth-order valence-corrected chi connectivity index (χ4v) is 5.63. The van der Waals surface area contributed by atoms with Gasteiger partial charge in [-0.15, -0.1) is 11.3 Å². The minimum Gasteiger partial charge on any atom is -0.397 e. The number of amides is 1. The van der Waals surface area contributed by atoms with Gasteiger partial charge in [0.25, 0.3) is 5.91 Å². The van der Waals surface area contributed by atoms with Gasteiger partial charge >= 0.3 is 0 Å². The van der Waals surface area contributed by atoms with Crippen molar-refractivity contribution < 1.29 is 4.79 Å². The highest BCUT2D eigenvalue weighted by atomic mass is 32.1. The molecule has 0 saturated carbocycles. The average molecular weight is 434 g/mol. The van der Waals surface area contributed by atoms with Gasteiger partial charge in [-0.05, 0) is 50.7 Å². The number of fused-ring (bicyclic) bond motifs is 1. The zero-order valence-corrected chi connectivity index (χ0v) is 18.9. The number of carbonyl (C=O) groups is 1. The number of benzene rings is 1. The number of piperidine rings is 1. The monoisotopic (exact) mass is 433 g/mol. The Balaban J connectivity index is 1.93. The molecule has 3 heterocycles. The number of hydrogen-bond acceptors (Lipinski definition) is 6. The molecule has 1 aromatic carbocycles. The van der Waals surface area contributed by atoms with Crippen molar-refractivity contribution in [1.29, 1.82) is 5.26 Å². The molecular weight excluding hydrogens is 406 g/mol. The quantitative estimate of drug-likeness (QED) is 0.606. The molecule has 1 saturated heterocycles. The number of carbonyl (C=O) groups excluding carboxylic acids is 1. The van der Waals surface area contributed by atoms with Crippen molar-refractivity contribution in [2.75, 3.05) is 11.5 Å². The molecule has 1 fully saturated rings. The molecule has 0 bridgehead atoms. The van der Waals surface area contributed by atoms with E-state index < -0.39 is 0 Å². The number of aryl methyl sites for hydroxylation is 1. The van der Waals surface area contributed by atoms with Gasteiger partial charge < -0.3 is 16.4 Å². The molecule has 4 N–H and O–H groups in total. The molecule has 160 valence electrons. The first-order valence-electron chi connectivity index (χ1n) is 10.7. The van der Waals surface area contributed by atoms with Crippen molar-refractivity contribution in [3.8, 4) is 17.2 Å². The van der Waals surface area contributed by atoms with Crippen LogP contribution in [-0.2, 0) is 6.42 Å². The summed E-state index contributed by atoms with van der Waals surface area (Å²) in [5, 5.41) is 10.5. The molecule has 0 radical (unpaired) electrons. The molecule has 4 rings (SSSR count). The summed E-state index contributed by atoms with van der Waals surface area (Å²) in [6.07, 6.45) is 4.01. The SMILES string of the molecule is CCc1ccc(-c2c(C#N)c(N)nc3sc(C(=O)N4[C@@H](C)CCC[C@@H]4C)c(N)c23)cc1. The number of pyridine rings is 1. The van der Waals surface area contributed by atoms with E-state index in [0.29, 0.717) is 31.9 Å². The van der Waals surface area contributed by atoms with E-state index in [1.54, 1.807) is 0 Å². The minimum atomic E-state index is -0.0652. The summed E-state index contributed by atoms with van der Waals surface area (Å²) in [5.74, 6) is 0.0917. The van der Waals surface area contributed by atoms with Gasteiger partial charge in [0.2, 0.25) is 0 Å². The predicted octanol–water partition coefficient (Wildman–Crippen LogP) is 4.96. The van der Waals surface area contributed by atoms with Crippen molar-refractivity contribution in [2.24, 2.45) is 0 Å². The molecule has 0 spiro atoms. The zero-order chi connectivity index (χ0) is 22.3. The Bertz CT molecular complexity index is 1180. The number of anilines is 2. The third-order valence-corrected chi connectivity index (χ3v) is 7.38. The molecule has 1 amide bonds. The maximum Gasteiger partial charge on any atom is 0.266 e. The van der Waals surface area contributed by atoms with Crippen LogP contribution in [0.4, 0.5) is 11.5 Å². The normalized spacial score (nSPS) is 18.8. The van der Waals surface area contributed by atoms with E-state index in [4.69, 9.17) is 11.5 Å². The molecule has 2 atom stereocenters. The number of nitrogens with zero attached hydrogens (tertiary/aromatic N) is 3. The number of rotatable bonds is 3. The molecule has 2 aromatic heterocycles. The van der Waals surface area contributed by atoms with E-state index in [9.17, 15) is 10.1 Å². The standard InChI is InChI=1S/C24H27N5OS/c1-4-15-8-10-16(11-9-15)18-17(12-25)22(27)28-23-19(18)20(26)21(31-23)24(30)29-13(2)6-5-7-14(29)3/h8-11,13-14H,4-7,26H2,1-3H3,(H2,27,28)/t13-,14-/m0/s1. The number of aromatic nitrogens is 1. The van der Waals surface area contributed by atoms with Gasteiger partial charge in [0.1, 0.15) is 27.2 Å². The second-order valence-electron chi connectivity index (χ2n) is 8.28. The second kappa shape index (κ2) is 8.20. The van der Waals surface area contributed by atoms with Crippen LogP contribution in [0.15, 0.2) is 24.3 Å². The van der Waals surface area contributed by atoms with Crippen LogP contribution in [0.5, 0.6) is 0 Å². The lowest BCUT2D eigenvalue weighted by Gasteiger charge is -2.38. The van der Waals surface area contributed by atoms with Crippen LogP contribution >= 0.6 is 11.3 Å². The predicted molar refractivity (Wildman–Crippen MR) is 127 cm³/mol. The number of nitriles is 1. The summed E-state index contributed by atoms with van der Waals surface area (Å²) in [5.41, 5.74) is 16.1. The first-order chi connectivity index (χ1) is 14.9. The van der Waals surface area contributed by atoms with Gasteiger partial charge in [0.15, 0.2) is 0 Å². The third kappa shape index (κ3) is 3.51. The molecule has 1 aliphatic rings. The zero-order valence-electron chi connectivity index (χ0n) is 18.1. The number of nitrogens with two attached hydrogens (primary N) is 2. The summed E-state index contributed by atoms with van der Waals surface area (Å²) in [6, 6.07) is 10.5. The Labute approximate surface area is 186 Å². The maximum absolute atomic E-state index is 13.5. The number of thiophene rings is 1. The summed E-state index contributed by atoms with van der Waals surface area (Å²) in [6.45, 7) is 6.26. The van der Waals surface area contributed by atoms with Gasteiger partial charge in [0.05, 0.1) is 5.69 Å². The molecule has 31 heavy (non-hydrogen) atoms. The molecule has 3 aromatic rings. The van der Waals surface area contributed by atoms with Gasteiger partial charge in [0, 0.05) is 23.0 Å². The third-order valence-electron chi connectivity index (χ3n) is 6.29. The average Bonchev–Trinajstić information content (AvgIpc) is 3.08. The van der Waals surface area contributed by atoms with Crippen molar-refractivity contribution >= 4 is 39.0 Å². The Morgan fingerprint density at radius 1 is 1.23 bits per heavy atom. The van der Waals surface area contributed by atoms with Gasteiger partial charge in [-0.1, -0.05) is 31.2 Å². The van der Waals surface area contributed by atoms with Crippen molar-refractivity contribution in [1.82, 2.24) is 9.88 Å². The topological polar surface area (TPSA) is 109 Å². The van der Waals surface area contributed by atoms with E-state index in [0.717, 1.165) is 31.2 Å². The summed E-state index contributed by atoms with van der Waals surface area (Å²) >= 11 is 1.26. The van der Waals surface area contributed by atoms with Crippen LogP contribution in [-0.4, -0.2) is 27.9 Å². The number of nitrogen functional groups attached to an aromatic ring is 2. The van der Waals surface area contributed by atoms with Crippen molar-refractivity contribution in [2.45, 2.75) is 58.5 Å². The Morgan fingerprint density at radius 2 is 1.87 bits per heavy atom. The summed E-state index contributed by atoms with van der Waals surface area (Å²) in [4.78, 5) is 21.0. The molecule has 0 unspecified atom stereocenters. The van der Waals surface area contributed by atoms with Gasteiger partial charge in [-0.25, -0.2) is 4.98 Å². The van der Waals surface area contributed by atoms with E-state index in [-0.39, 0.29) is 23.8 Å². The molecule has 1 aliphatic heterocycles. The molecule has 7 heteroatoms. The van der Waals surface area contributed by atoms with Crippen LogP contribution in [0, 0.1) is 11.3 Å². The fourth-order valence-electron chi connectivity index (χ4n) is 4.58. The lowest BCUT2D eigenvalue weighted by molar-refractivity contribution is 0.0517. The van der Waals surface area contributed by atoms with Crippen LogP contribution in [0.1, 0.15) is 60.8 Å². The molecule has 0 aliphatic carbocycles. The van der Waals surface area contributed by atoms with E-state index in [1.165, 1.54) is 16.9 Å². The minimum absolute atomic E-state index is 0.0652. The van der Waals surface area contributed by atoms with Crippen LogP contribution in [0.3, 0.4) is 0 Å². The van der Waals surface area contributed by atoms with Crippen molar-refractivity contribution in [3.05, 3.63) is 40.3 Å². The second-order valence-corrected chi connectivity index (χ2v) is 9.27. The van der Waals surface area contributed by atoms with Gasteiger partial charge in [-0.3, -0.25) is 4.79 Å². The highest BCUT2D eigenvalue weighted by Gasteiger charge is 2.33. The van der Waals surface area contributed by atoms with Crippen molar-refractivity contribution in [3.63, 3.8) is 0 Å². The lowest BCUT2D eigenvalue weighted by Crippen LogP contribution is -2.47. The Hall–Kier alpha value is -3.11. The van der Waals surface area contributed by atoms with Gasteiger partial charge in [-0.2, -0.15) is 5.26 Å².